The molecule has 130 valence electrons. The fourth-order valence-corrected chi connectivity index (χ4v) is 2.55. The number of methoxy groups -OCH3 is 2. The van der Waals surface area contributed by atoms with E-state index in [-0.39, 0.29) is 11.7 Å². The molecule has 5 nitrogen and oxygen atoms in total. The van der Waals surface area contributed by atoms with Crippen molar-refractivity contribution in [3.05, 3.63) is 53.3 Å². The van der Waals surface area contributed by atoms with Crippen molar-refractivity contribution in [3.63, 3.8) is 0 Å². The molecule has 0 spiro atoms. The first kappa shape index (κ1) is 17.0. The largest absolute Gasteiger partial charge is 0.493 e. The van der Waals surface area contributed by atoms with Crippen molar-refractivity contribution in [1.82, 2.24) is 0 Å². The maximum absolute atomic E-state index is 13.0. The van der Waals surface area contributed by atoms with Crippen LogP contribution in [-0.2, 0) is 0 Å². The molecule has 0 aromatic heterocycles. The lowest BCUT2D eigenvalue weighted by Crippen LogP contribution is -2.16. The summed E-state index contributed by atoms with van der Waals surface area (Å²) in [6.45, 7) is 0. The second-order valence-electron chi connectivity index (χ2n) is 5.85. The normalized spacial score (nSPS) is 13.2. The van der Waals surface area contributed by atoms with Gasteiger partial charge < -0.3 is 14.8 Å². The van der Waals surface area contributed by atoms with Crippen LogP contribution in [0.1, 0.15) is 33.6 Å². The molecule has 0 radical (unpaired) electrons. The van der Waals surface area contributed by atoms with Crippen LogP contribution in [0.25, 0.3) is 0 Å². The van der Waals surface area contributed by atoms with Crippen LogP contribution in [-0.4, -0.2) is 25.9 Å². The summed E-state index contributed by atoms with van der Waals surface area (Å²) in [5.41, 5.74) is 1.03. The van der Waals surface area contributed by atoms with Crippen LogP contribution in [0.2, 0.25) is 0 Å². The van der Waals surface area contributed by atoms with Crippen molar-refractivity contribution in [3.8, 4) is 11.5 Å². The Morgan fingerprint density at radius 3 is 2.20 bits per heavy atom. The summed E-state index contributed by atoms with van der Waals surface area (Å²) in [5, 5.41) is 2.72. The standard InChI is InChI=1S/C19H18FNO4/c1-24-16-9-14(18(22)11-3-4-11)15(10-17(16)25-2)21-19(23)12-5-7-13(20)8-6-12/h5-11H,3-4H2,1-2H3,(H,21,23). The summed E-state index contributed by atoms with van der Waals surface area (Å²) in [5.74, 6) is -0.0743. The smallest absolute Gasteiger partial charge is 0.255 e. The average Bonchev–Trinajstić information content (AvgIpc) is 3.46. The lowest BCUT2D eigenvalue weighted by Gasteiger charge is -2.15. The topological polar surface area (TPSA) is 64.6 Å². The number of anilines is 1. The molecular weight excluding hydrogens is 325 g/mol. The molecule has 1 N–H and O–H groups in total. The number of benzene rings is 2. The van der Waals surface area contributed by atoms with Gasteiger partial charge in [0.1, 0.15) is 5.82 Å². The van der Waals surface area contributed by atoms with Gasteiger partial charge in [0.25, 0.3) is 5.91 Å². The van der Waals surface area contributed by atoms with Crippen LogP contribution < -0.4 is 14.8 Å². The molecule has 3 rings (SSSR count). The Hall–Kier alpha value is -2.89. The highest BCUT2D eigenvalue weighted by molar-refractivity contribution is 6.11. The number of nitrogens with one attached hydrogen (secondary N) is 1. The quantitative estimate of drug-likeness (QED) is 0.813. The lowest BCUT2D eigenvalue weighted by molar-refractivity contribution is 0.0968. The Bertz CT molecular complexity index is 813. The van der Waals surface area contributed by atoms with Gasteiger partial charge in [0.05, 0.1) is 19.9 Å². The van der Waals surface area contributed by atoms with Gasteiger partial charge >= 0.3 is 0 Å². The van der Waals surface area contributed by atoms with E-state index in [0.717, 1.165) is 12.8 Å². The molecule has 0 unspecified atom stereocenters. The third kappa shape index (κ3) is 3.63. The molecule has 1 fully saturated rings. The summed E-state index contributed by atoms with van der Waals surface area (Å²) >= 11 is 0. The van der Waals surface area contributed by atoms with E-state index in [1.54, 1.807) is 12.1 Å². The molecule has 0 saturated heterocycles. The van der Waals surface area contributed by atoms with E-state index in [1.807, 2.05) is 0 Å². The van der Waals surface area contributed by atoms with Gasteiger partial charge in [0.15, 0.2) is 17.3 Å². The maximum atomic E-state index is 13.0. The first-order chi connectivity index (χ1) is 12.0. The molecule has 1 aliphatic rings. The predicted octanol–water partition coefficient (Wildman–Crippen LogP) is 3.69. The van der Waals surface area contributed by atoms with Crippen LogP contribution in [0.4, 0.5) is 10.1 Å². The number of Topliss-reactive ketones (excluding diaryl/α,β-unsaturated/α-hetero) is 1. The molecule has 0 bridgehead atoms. The van der Waals surface area contributed by atoms with Crippen molar-refractivity contribution < 1.29 is 23.5 Å². The Morgan fingerprint density at radius 2 is 1.64 bits per heavy atom. The zero-order valence-electron chi connectivity index (χ0n) is 14.0. The van der Waals surface area contributed by atoms with Gasteiger partial charge in [-0.25, -0.2) is 4.39 Å². The molecule has 0 heterocycles. The number of hydrogen-bond donors (Lipinski definition) is 1. The van der Waals surface area contributed by atoms with Crippen LogP contribution >= 0.6 is 0 Å². The van der Waals surface area contributed by atoms with Gasteiger partial charge in [-0.15, -0.1) is 0 Å². The number of amides is 1. The molecule has 2 aromatic carbocycles. The second-order valence-corrected chi connectivity index (χ2v) is 5.85. The molecule has 1 aliphatic carbocycles. The Morgan fingerprint density at radius 1 is 1.04 bits per heavy atom. The van der Waals surface area contributed by atoms with E-state index in [0.29, 0.717) is 28.3 Å². The van der Waals surface area contributed by atoms with Crippen LogP contribution in [0.15, 0.2) is 36.4 Å². The van der Waals surface area contributed by atoms with Gasteiger partial charge in [-0.05, 0) is 43.2 Å². The second kappa shape index (κ2) is 6.93. The molecular formula is C19H18FNO4. The number of carbonyl (C=O) groups excluding carboxylic acids is 2. The first-order valence-corrected chi connectivity index (χ1v) is 7.90. The number of rotatable bonds is 6. The number of ketones is 1. The van der Waals surface area contributed by atoms with Gasteiger partial charge in [-0.1, -0.05) is 0 Å². The Balaban J connectivity index is 1.96. The predicted molar refractivity (Wildman–Crippen MR) is 91.0 cm³/mol. The number of hydrogen-bond acceptors (Lipinski definition) is 4. The molecule has 6 heteroatoms. The van der Waals surface area contributed by atoms with Crippen molar-refractivity contribution in [2.24, 2.45) is 5.92 Å². The lowest BCUT2D eigenvalue weighted by atomic mass is 10.0. The van der Waals surface area contributed by atoms with Crippen LogP contribution in [0.3, 0.4) is 0 Å². The summed E-state index contributed by atoms with van der Waals surface area (Å²) < 4.78 is 23.5. The minimum Gasteiger partial charge on any atom is -0.493 e. The minimum atomic E-state index is -0.433. The van der Waals surface area contributed by atoms with E-state index in [1.165, 1.54) is 38.5 Å². The molecule has 2 aromatic rings. The van der Waals surface area contributed by atoms with Crippen molar-refractivity contribution in [1.29, 1.82) is 0 Å². The van der Waals surface area contributed by atoms with E-state index >= 15 is 0 Å². The van der Waals surface area contributed by atoms with Crippen LogP contribution in [0.5, 0.6) is 11.5 Å². The fourth-order valence-electron chi connectivity index (χ4n) is 2.55. The highest BCUT2D eigenvalue weighted by Gasteiger charge is 2.33. The Labute approximate surface area is 144 Å². The third-order valence-electron chi connectivity index (χ3n) is 4.09. The van der Waals surface area contributed by atoms with Crippen LogP contribution in [0, 0.1) is 11.7 Å². The summed E-state index contributed by atoms with van der Waals surface area (Å²) in [7, 11) is 2.96. The minimum absolute atomic E-state index is 0.0143. The van der Waals surface area contributed by atoms with Crippen molar-refractivity contribution >= 4 is 17.4 Å². The van der Waals surface area contributed by atoms with Crippen molar-refractivity contribution in [2.75, 3.05) is 19.5 Å². The number of ether oxygens (including phenoxy) is 2. The SMILES string of the molecule is COc1cc(NC(=O)c2ccc(F)cc2)c(C(=O)C2CC2)cc1OC. The molecule has 0 atom stereocenters. The van der Waals surface area contributed by atoms with E-state index in [4.69, 9.17) is 9.47 Å². The van der Waals surface area contributed by atoms with Gasteiger partial charge in [-0.2, -0.15) is 0 Å². The molecule has 25 heavy (non-hydrogen) atoms. The van der Waals surface area contributed by atoms with E-state index in [9.17, 15) is 14.0 Å². The molecule has 1 amide bonds. The molecule has 1 saturated carbocycles. The maximum Gasteiger partial charge on any atom is 0.255 e. The van der Waals surface area contributed by atoms with Gasteiger partial charge in [-0.3, -0.25) is 9.59 Å². The van der Waals surface area contributed by atoms with Gasteiger partial charge in [0, 0.05) is 23.1 Å². The summed E-state index contributed by atoms with van der Waals surface area (Å²) in [4.78, 5) is 25.0. The highest BCUT2D eigenvalue weighted by Crippen LogP contribution is 2.39. The number of carbonyl (C=O) groups is 2. The summed E-state index contributed by atoms with van der Waals surface area (Å²) in [6, 6.07) is 8.33. The zero-order valence-corrected chi connectivity index (χ0v) is 14.0. The average molecular weight is 343 g/mol. The van der Waals surface area contributed by atoms with E-state index in [2.05, 4.69) is 5.32 Å². The monoisotopic (exact) mass is 343 g/mol. The highest BCUT2D eigenvalue weighted by atomic mass is 19.1. The molecule has 0 aliphatic heterocycles. The van der Waals surface area contributed by atoms with Gasteiger partial charge in [0.2, 0.25) is 0 Å². The van der Waals surface area contributed by atoms with E-state index < -0.39 is 11.7 Å². The third-order valence-corrected chi connectivity index (χ3v) is 4.09. The van der Waals surface area contributed by atoms with Crippen molar-refractivity contribution in [2.45, 2.75) is 12.8 Å². The number of halogens is 1. The zero-order chi connectivity index (χ0) is 18.0. The summed E-state index contributed by atoms with van der Waals surface area (Å²) in [6.07, 6.45) is 1.69. The fraction of sp³-hybridized carbons (Fsp3) is 0.263. The Kier molecular flexibility index (Phi) is 4.70. The first-order valence-electron chi connectivity index (χ1n) is 7.90.